The highest BCUT2D eigenvalue weighted by atomic mass is 35.5. The molecule has 1 fully saturated rings. The van der Waals surface area contributed by atoms with E-state index in [4.69, 9.17) is 11.6 Å². The maximum atomic E-state index is 13.0. The molecule has 1 aliphatic heterocycles. The summed E-state index contributed by atoms with van der Waals surface area (Å²) in [6, 6.07) is 7.18. The van der Waals surface area contributed by atoms with Gasteiger partial charge in [0.2, 0.25) is 5.95 Å². The van der Waals surface area contributed by atoms with Crippen LogP contribution in [0.25, 0.3) is 0 Å². The molecule has 0 radical (unpaired) electrons. The van der Waals surface area contributed by atoms with E-state index < -0.39 is 0 Å². The molecule has 138 valence electrons. The number of nitrogens with zero attached hydrogens (tertiary/aromatic N) is 4. The summed E-state index contributed by atoms with van der Waals surface area (Å²) < 4.78 is 13.0. The zero-order valence-corrected chi connectivity index (χ0v) is 15.4. The van der Waals surface area contributed by atoms with Crippen molar-refractivity contribution in [2.45, 2.75) is 19.9 Å². The van der Waals surface area contributed by atoms with Crippen molar-refractivity contribution < 1.29 is 9.18 Å². The molecule has 1 aromatic carbocycles. The van der Waals surface area contributed by atoms with Gasteiger partial charge in [0.1, 0.15) is 11.0 Å². The maximum absolute atomic E-state index is 13.0. The second-order valence-electron chi connectivity index (χ2n) is 6.57. The topological polar surface area (TPSA) is 61.4 Å². The van der Waals surface area contributed by atoms with Gasteiger partial charge in [-0.2, -0.15) is 0 Å². The number of carbonyl (C=O) groups is 1. The zero-order chi connectivity index (χ0) is 18.7. The molecular weight excluding hydrogens is 357 g/mol. The Balaban J connectivity index is 1.72. The monoisotopic (exact) mass is 377 g/mol. The van der Waals surface area contributed by atoms with E-state index in [0.717, 1.165) is 0 Å². The Hall–Kier alpha value is -2.41. The van der Waals surface area contributed by atoms with Crippen molar-refractivity contribution in [3.63, 3.8) is 0 Å². The van der Waals surface area contributed by atoms with Crippen molar-refractivity contribution in [2.24, 2.45) is 5.92 Å². The summed E-state index contributed by atoms with van der Waals surface area (Å²) in [5, 5.41) is 3.23. The third-order valence-corrected chi connectivity index (χ3v) is 4.65. The minimum Gasteiger partial charge on any atom is -0.337 e. The summed E-state index contributed by atoms with van der Waals surface area (Å²) in [5.41, 5.74) is 0.569. The number of urea groups is 1. The Bertz CT molecular complexity index is 770. The number of aromatic nitrogens is 2. The van der Waals surface area contributed by atoms with E-state index in [0.29, 0.717) is 36.4 Å². The molecule has 0 aliphatic carbocycles. The van der Waals surface area contributed by atoms with Crippen molar-refractivity contribution in [1.29, 1.82) is 0 Å². The molecule has 2 aromatic rings. The van der Waals surface area contributed by atoms with Gasteiger partial charge in [0, 0.05) is 31.5 Å². The van der Waals surface area contributed by atoms with Crippen LogP contribution in [-0.2, 0) is 0 Å². The summed E-state index contributed by atoms with van der Waals surface area (Å²) >= 11 is 5.96. The Labute approximate surface area is 157 Å². The van der Waals surface area contributed by atoms with Gasteiger partial charge in [0.15, 0.2) is 0 Å². The van der Waals surface area contributed by atoms with Crippen molar-refractivity contribution in [3.8, 4) is 0 Å². The number of hydrogen-bond acceptors (Lipinski definition) is 4. The number of carbonyl (C=O) groups excluding carboxylic acids is 1. The van der Waals surface area contributed by atoms with Crippen LogP contribution in [0.2, 0.25) is 5.15 Å². The molecule has 1 saturated heterocycles. The van der Waals surface area contributed by atoms with Gasteiger partial charge in [-0.15, -0.1) is 0 Å². The molecule has 1 aromatic heterocycles. The van der Waals surface area contributed by atoms with Gasteiger partial charge in [-0.05, 0) is 36.2 Å². The van der Waals surface area contributed by atoms with E-state index in [-0.39, 0.29) is 23.8 Å². The van der Waals surface area contributed by atoms with Crippen molar-refractivity contribution >= 4 is 29.3 Å². The minimum atomic E-state index is -0.335. The lowest BCUT2D eigenvalue weighted by Crippen LogP contribution is -2.58. The van der Waals surface area contributed by atoms with Crippen LogP contribution >= 0.6 is 11.6 Å². The first kappa shape index (κ1) is 18.4. The molecule has 1 N–H and O–H groups in total. The number of anilines is 2. The third kappa shape index (κ3) is 4.22. The second kappa shape index (κ2) is 7.86. The first-order valence-electron chi connectivity index (χ1n) is 8.50. The van der Waals surface area contributed by atoms with Crippen LogP contribution in [0, 0.1) is 11.7 Å². The number of benzene rings is 1. The van der Waals surface area contributed by atoms with E-state index in [9.17, 15) is 9.18 Å². The first-order chi connectivity index (χ1) is 12.4. The molecule has 1 aliphatic rings. The zero-order valence-electron chi connectivity index (χ0n) is 14.7. The smallest absolute Gasteiger partial charge is 0.322 e. The van der Waals surface area contributed by atoms with E-state index in [2.05, 4.69) is 29.1 Å². The van der Waals surface area contributed by atoms with Crippen molar-refractivity contribution in [2.75, 3.05) is 29.9 Å². The molecule has 0 spiro atoms. The number of nitrogens with one attached hydrogen (secondary N) is 1. The van der Waals surface area contributed by atoms with Crippen LogP contribution in [0.4, 0.5) is 20.8 Å². The number of hydrogen-bond donors (Lipinski definition) is 1. The maximum Gasteiger partial charge on any atom is 0.322 e. The van der Waals surface area contributed by atoms with Crippen LogP contribution in [0.15, 0.2) is 36.5 Å². The van der Waals surface area contributed by atoms with Crippen LogP contribution in [0.1, 0.15) is 13.8 Å². The first-order valence-corrected chi connectivity index (χ1v) is 8.88. The molecule has 2 heterocycles. The predicted octanol–water partition coefficient (Wildman–Crippen LogP) is 3.65. The Morgan fingerprint density at radius 3 is 2.65 bits per heavy atom. The number of rotatable bonds is 3. The standard InChI is InChI=1S/C18H21ClFN5O/c1-12(2)15-11-24(17-21-8-7-16(19)23-17)9-10-25(15)18(26)22-14-5-3-13(20)4-6-14/h3-8,12,15H,9-11H2,1-2H3,(H,22,26). The average molecular weight is 378 g/mol. The molecule has 1 atom stereocenters. The van der Waals surface area contributed by atoms with E-state index in [1.807, 2.05) is 9.80 Å². The Morgan fingerprint density at radius 1 is 1.27 bits per heavy atom. The number of piperazine rings is 1. The van der Waals surface area contributed by atoms with Gasteiger partial charge in [-0.3, -0.25) is 0 Å². The fraction of sp³-hybridized carbons (Fsp3) is 0.389. The molecule has 2 amide bonds. The Kier molecular flexibility index (Phi) is 5.56. The highest BCUT2D eigenvalue weighted by molar-refractivity contribution is 6.29. The SMILES string of the molecule is CC(C)C1CN(c2nccc(Cl)n2)CCN1C(=O)Nc1ccc(F)cc1. The fourth-order valence-electron chi connectivity index (χ4n) is 3.02. The van der Waals surface area contributed by atoms with Gasteiger partial charge >= 0.3 is 6.03 Å². The van der Waals surface area contributed by atoms with Gasteiger partial charge in [0.25, 0.3) is 0 Å². The molecular formula is C18H21ClFN5O. The lowest BCUT2D eigenvalue weighted by molar-refractivity contribution is 0.156. The van der Waals surface area contributed by atoms with Crippen molar-refractivity contribution in [1.82, 2.24) is 14.9 Å². The average Bonchev–Trinajstić information content (AvgIpc) is 2.63. The molecule has 6 nitrogen and oxygen atoms in total. The van der Waals surface area contributed by atoms with E-state index in [1.165, 1.54) is 12.1 Å². The van der Waals surface area contributed by atoms with Crippen molar-refractivity contribution in [3.05, 3.63) is 47.5 Å². The highest BCUT2D eigenvalue weighted by Crippen LogP contribution is 2.22. The fourth-order valence-corrected chi connectivity index (χ4v) is 3.15. The lowest BCUT2D eigenvalue weighted by atomic mass is 10.00. The normalized spacial score (nSPS) is 17.5. The lowest BCUT2D eigenvalue weighted by Gasteiger charge is -2.43. The second-order valence-corrected chi connectivity index (χ2v) is 6.95. The van der Waals surface area contributed by atoms with Crippen LogP contribution in [0.3, 0.4) is 0 Å². The number of halogens is 2. The Morgan fingerprint density at radius 2 is 2.00 bits per heavy atom. The highest BCUT2D eigenvalue weighted by Gasteiger charge is 2.33. The van der Waals surface area contributed by atoms with Gasteiger partial charge in [-0.1, -0.05) is 25.4 Å². The van der Waals surface area contributed by atoms with E-state index in [1.54, 1.807) is 24.4 Å². The van der Waals surface area contributed by atoms with Crippen LogP contribution < -0.4 is 10.2 Å². The van der Waals surface area contributed by atoms with Gasteiger partial charge in [-0.25, -0.2) is 19.2 Å². The largest absolute Gasteiger partial charge is 0.337 e. The minimum absolute atomic E-state index is 0.00761. The quantitative estimate of drug-likeness (QED) is 0.829. The van der Waals surface area contributed by atoms with Gasteiger partial charge in [0.05, 0.1) is 6.04 Å². The molecule has 3 rings (SSSR count). The third-order valence-electron chi connectivity index (χ3n) is 4.44. The summed E-state index contributed by atoms with van der Waals surface area (Å²) in [6.07, 6.45) is 1.63. The number of amides is 2. The van der Waals surface area contributed by atoms with Gasteiger partial charge < -0.3 is 15.1 Å². The molecule has 1 unspecified atom stereocenters. The summed E-state index contributed by atoms with van der Waals surface area (Å²) in [4.78, 5) is 25.1. The molecule has 0 saturated carbocycles. The van der Waals surface area contributed by atoms with Crippen LogP contribution in [-0.4, -0.2) is 46.6 Å². The predicted molar refractivity (Wildman–Crippen MR) is 100 cm³/mol. The molecule has 0 bridgehead atoms. The summed E-state index contributed by atoms with van der Waals surface area (Å²) in [6.45, 7) is 5.91. The molecule has 26 heavy (non-hydrogen) atoms. The summed E-state index contributed by atoms with van der Waals surface area (Å²) in [7, 11) is 0. The summed E-state index contributed by atoms with van der Waals surface area (Å²) in [5.74, 6) is 0.482. The molecule has 8 heteroatoms. The van der Waals surface area contributed by atoms with E-state index >= 15 is 0 Å². The van der Waals surface area contributed by atoms with Crippen LogP contribution in [0.5, 0.6) is 0 Å².